The maximum Gasteiger partial charge on any atom is 0.326 e. The predicted molar refractivity (Wildman–Crippen MR) is 118 cm³/mol. The number of fused-ring (bicyclic) bond motifs is 1. The zero-order valence-electron chi connectivity index (χ0n) is 15.6. The van der Waals surface area contributed by atoms with Crippen LogP contribution in [0.25, 0.3) is 10.9 Å². The molecular weight excluding hydrogens is 410 g/mol. The van der Waals surface area contributed by atoms with E-state index < -0.39 is 24.0 Å². The largest absolute Gasteiger partial charge is 0.480 e. The quantitative estimate of drug-likeness (QED) is 0.337. The number of hydrogen-bond acceptors (Lipinski definition) is 4. The molecule has 4 N–H and O–H groups in total. The summed E-state index contributed by atoms with van der Waals surface area (Å²) in [6, 6.07) is 13.2. The number of carbonyl (C=O) groups is 2. The van der Waals surface area contributed by atoms with E-state index in [-0.39, 0.29) is 12.2 Å². The number of nitrogens with one attached hydrogen (secondary N) is 3. The lowest BCUT2D eigenvalue weighted by Crippen LogP contribution is -2.51. The number of carboxylic acids is 1. The minimum atomic E-state index is -1.08. The number of carbonyl (C=O) groups excluding carboxylic acids is 1. The van der Waals surface area contributed by atoms with Crippen molar-refractivity contribution in [3.05, 3.63) is 70.9 Å². The van der Waals surface area contributed by atoms with Crippen LogP contribution in [0.1, 0.15) is 11.1 Å². The zero-order chi connectivity index (χ0) is 20.8. The monoisotopic (exact) mass is 431 g/mol. The van der Waals surface area contributed by atoms with Crippen LogP contribution in [0.2, 0.25) is 5.02 Å². The van der Waals surface area contributed by atoms with Crippen molar-refractivity contribution in [3.8, 4) is 0 Å². The van der Waals surface area contributed by atoms with Crippen LogP contribution in [0.5, 0.6) is 0 Å². The second kappa shape index (κ2) is 9.82. The summed E-state index contributed by atoms with van der Waals surface area (Å²) < 4.78 is 0. The third-order valence-corrected chi connectivity index (χ3v) is 5.30. The highest BCUT2D eigenvalue weighted by Crippen LogP contribution is 2.19. The van der Waals surface area contributed by atoms with E-state index in [2.05, 4.69) is 28.2 Å². The molecule has 2 atom stereocenters. The second-order valence-electron chi connectivity index (χ2n) is 6.71. The molecule has 8 heteroatoms. The number of aromatic amines is 1. The van der Waals surface area contributed by atoms with Gasteiger partial charge >= 0.3 is 5.97 Å². The first-order valence-corrected chi connectivity index (χ1v) is 10.2. The number of thiol groups is 1. The molecule has 29 heavy (non-hydrogen) atoms. The molecule has 0 radical (unpaired) electrons. The summed E-state index contributed by atoms with van der Waals surface area (Å²) in [7, 11) is 0. The topological polar surface area (TPSA) is 94.2 Å². The number of aliphatic carboxylic acids is 1. The second-order valence-corrected chi connectivity index (χ2v) is 7.51. The summed E-state index contributed by atoms with van der Waals surface area (Å²) in [5.74, 6) is -1.25. The summed E-state index contributed by atoms with van der Waals surface area (Å²) >= 11 is 10.1. The van der Waals surface area contributed by atoms with Gasteiger partial charge in [-0.15, -0.1) is 0 Å². The molecule has 0 aliphatic rings. The molecule has 0 saturated carbocycles. The molecular formula is C21H22ClN3O3S. The fraction of sp³-hybridized carbons (Fsp3) is 0.238. The minimum Gasteiger partial charge on any atom is -0.480 e. The molecule has 1 amide bonds. The van der Waals surface area contributed by atoms with Gasteiger partial charge in [-0.3, -0.25) is 4.79 Å². The summed E-state index contributed by atoms with van der Waals surface area (Å²) in [5, 5.41) is 16.9. The highest BCUT2D eigenvalue weighted by atomic mass is 35.5. The van der Waals surface area contributed by atoms with E-state index in [0.29, 0.717) is 11.6 Å². The number of hydrogen-bond donors (Lipinski definition) is 5. The third-order valence-electron chi connectivity index (χ3n) is 4.68. The number of rotatable bonds is 9. The van der Waals surface area contributed by atoms with Crippen LogP contribution in [0.4, 0.5) is 0 Å². The Morgan fingerprint density at radius 1 is 1.10 bits per heavy atom. The van der Waals surface area contributed by atoms with Gasteiger partial charge in [0.15, 0.2) is 0 Å². The summed E-state index contributed by atoms with van der Waals surface area (Å²) in [5.41, 5.74) is 2.73. The van der Waals surface area contributed by atoms with Crippen molar-refractivity contribution >= 4 is 47.0 Å². The number of amides is 1. The number of aromatic nitrogens is 1. The summed E-state index contributed by atoms with van der Waals surface area (Å²) in [6.07, 6.45) is 1.96. The van der Waals surface area contributed by atoms with E-state index in [1.165, 1.54) is 0 Å². The standard InChI is InChI=1S/C21H22ClN3O3S/c22-15-7-5-13(6-8-15)10-23-19(12-29)20(26)25-18(21(27)28)9-14-11-24-17-4-2-1-3-16(14)17/h1-8,11,18-19,23-24,29H,9-10,12H2,(H,25,26)(H,27,28)/t18-,19?/m0/s1. The lowest BCUT2D eigenvalue weighted by molar-refractivity contribution is -0.142. The molecule has 2 aromatic carbocycles. The van der Waals surface area contributed by atoms with Gasteiger partial charge in [-0.1, -0.05) is 41.9 Å². The van der Waals surface area contributed by atoms with Crippen molar-refractivity contribution in [2.24, 2.45) is 0 Å². The molecule has 3 aromatic rings. The van der Waals surface area contributed by atoms with Crippen LogP contribution in [-0.2, 0) is 22.6 Å². The van der Waals surface area contributed by atoms with Gasteiger partial charge < -0.3 is 20.7 Å². The molecule has 152 valence electrons. The molecule has 1 unspecified atom stereocenters. The van der Waals surface area contributed by atoms with Gasteiger partial charge in [0.05, 0.1) is 6.04 Å². The fourth-order valence-electron chi connectivity index (χ4n) is 3.08. The number of halogens is 1. The van der Waals surface area contributed by atoms with E-state index in [0.717, 1.165) is 22.0 Å². The Bertz CT molecular complexity index is 990. The van der Waals surface area contributed by atoms with E-state index in [1.807, 2.05) is 36.4 Å². The molecule has 0 aliphatic heterocycles. The van der Waals surface area contributed by atoms with Crippen LogP contribution in [0.15, 0.2) is 54.7 Å². The Kier molecular flexibility index (Phi) is 7.19. The Balaban J connectivity index is 1.64. The first-order valence-electron chi connectivity index (χ1n) is 9.14. The molecule has 0 fully saturated rings. The van der Waals surface area contributed by atoms with Crippen LogP contribution in [0, 0.1) is 0 Å². The van der Waals surface area contributed by atoms with Crippen molar-refractivity contribution < 1.29 is 14.7 Å². The Morgan fingerprint density at radius 2 is 1.83 bits per heavy atom. The minimum absolute atomic E-state index is 0.182. The average Bonchev–Trinajstić information content (AvgIpc) is 3.12. The van der Waals surface area contributed by atoms with Gasteiger partial charge in [0.2, 0.25) is 5.91 Å². The van der Waals surface area contributed by atoms with E-state index in [4.69, 9.17) is 11.6 Å². The first kappa shape index (κ1) is 21.2. The maximum atomic E-state index is 12.6. The first-order chi connectivity index (χ1) is 14.0. The number of para-hydroxylation sites is 1. The van der Waals surface area contributed by atoms with Gasteiger partial charge in [-0.05, 0) is 29.3 Å². The molecule has 1 aromatic heterocycles. The van der Waals surface area contributed by atoms with Crippen molar-refractivity contribution in [3.63, 3.8) is 0 Å². The van der Waals surface area contributed by atoms with Gasteiger partial charge in [-0.2, -0.15) is 12.6 Å². The number of carboxylic acid groups (broad SMARTS) is 1. The third kappa shape index (κ3) is 5.53. The molecule has 0 bridgehead atoms. The van der Waals surface area contributed by atoms with Crippen LogP contribution in [0.3, 0.4) is 0 Å². The lowest BCUT2D eigenvalue weighted by Gasteiger charge is -2.20. The van der Waals surface area contributed by atoms with E-state index in [9.17, 15) is 14.7 Å². The van der Waals surface area contributed by atoms with Crippen molar-refractivity contribution in [2.45, 2.75) is 25.0 Å². The van der Waals surface area contributed by atoms with Gasteiger partial charge in [-0.25, -0.2) is 4.79 Å². The molecule has 0 spiro atoms. The van der Waals surface area contributed by atoms with Crippen LogP contribution in [-0.4, -0.2) is 39.8 Å². The molecule has 6 nitrogen and oxygen atoms in total. The summed E-state index contributed by atoms with van der Waals surface area (Å²) in [6.45, 7) is 0.440. The zero-order valence-corrected chi connectivity index (χ0v) is 17.2. The van der Waals surface area contributed by atoms with Crippen LogP contribution < -0.4 is 10.6 Å². The maximum absolute atomic E-state index is 12.6. The smallest absolute Gasteiger partial charge is 0.326 e. The Labute approximate surface area is 179 Å². The number of benzene rings is 2. The van der Waals surface area contributed by atoms with Crippen molar-refractivity contribution in [1.82, 2.24) is 15.6 Å². The highest BCUT2D eigenvalue weighted by Gasteiger charge is 2.25. The molecule has 1 heterocycles. The van der Waals surface area contributed by atoms with E-state index in [1.54, 1.807) is 18.3 Å². The van der Waals surface area contributed by atoms with Crippen LogP contribution >= 0.6 is 24.2 Å². The Morgan fingerprint density at radius 3 is 2.52 bits per heavy atom. The average molecular weight is 432 g/mol. The fourth-order valence-corrected chi connectivity index (χ4v) is 3.50. The molecule has 0 saturated heterocycles. The molecule has 0 aliphatic carbocycles. The highest BCUT2D eigenvalue weighted by molar-refractivity contribution is 7.80. The Hall–Kier alpha value is -2.48. The SMILES string of the molecule is O=C(N[C@@H](Cc1c[nH]c2ccccc12)C(=O)O)C(CS)NCc1ccc(Cl)cc1. The van der Waals surface area contributed by atoms with E-state index >= 15 is 0 Å². The van der Waals surface area contributed by atoms with Gasteiger partial charge in [0.1, 0.15) is 6.04 Å². The lowest BCUT2D eigenvalue weighted by atomic mass is 10.0. The normalized spacial score (nSPS) is 13.2. The summed E-state index contributed by atoms with van der Waals surface area (Å²) in [4.78, 5) is 27.5. The number of H-pyrrole nitrogens is 1. The molecule has 3 rings (SSSR count). The predicted octanol–water partition coefficient (Wildman–Crippen LogP) is 3.02. The van der Waals surface area contributed by atoms with Gasteiger partial charge in [0, 0.05) is 40.8 Å². The van der Waals surface area contributed by atoms with Crippen molar-refractivity contribution in [1.29, 1.82) is 0 Å². The van der Waals surface area contributed by atoms with Gasteiger partial charge in [0.25, 0.3) is 0 Å². The van der Waals surface area contributed by atoms with Crippen molar-refractivity contribution in [2.75, 3.05) is 5.75 Å².